The molecule has 0 saturated heterocycles. The van der Waals surface area contributed by atoms with Gasteiger partial charge in [0.2, 0.25) is 0 Å². The van der Waals surface area contributed by atoms with Crippen LogP contribution < -0.4 is 5.32 Å². The van der Waals surface area contributed by atoms with Crippen molar-refractivity contribution in [2.24, 2.45) is 11.3 Å². The van der Waals surface area contributed by atoms with Crippen molar-refractivity contribution in [3.05, 3.63) is 0 Å². The summed E-state index contributed by atoms with van der Waals surface area (Å²) >= 11 is 2.04. The summed E-state index contributed by atoms with van der Waals surface area (Å²) in [6.45, 7) is 14.6. The van der Waals surface area contributed by atoms with E-state index >= 15 is 0 Å². The zero-order chi connectivity index (χ0) is 14.5. The first-order valence-corrected chi connectivity index (χ1v) is 8.98. The Balaban J connectivity index is 2.26. The fourth-order valence-corrected chi connectivity index (χ4v) is 3.40. The van der Waals surface area contributed by atoms with Gasteiger partial charge in [0.25, 0.3) is 0 Å². The van der Waals surface area contributed by atoms with Crippen LogP contribution in [0.15, 0.2) is 0 Å². The molecule has 3 atom stereocenters. The van der Waals surface area contributed by atoms with E-state index in [1.165, 1.54) is 24.3 Å². The van der Waals surface area contributed by atoms with Gasteiger partial charge in [0.1, 0.15) is 0 Å². The van der Waals surface area contributed by atoms with E-state index in [-0.39, 0.29) is 5.41 Å². The minimum absolute atomic E-state index is 0.279. The molecule has 1 aliphatic rings. The molecule has 0 aromatic rings. The Morgan fingerprint density at radius 3 is 2.53 bits per heavy atom. The molecule has 0 aromatic carbocycles. The lowest BCUT2D eigenvalue weighted by Crippen LogP contribution is -2.62. The molecule has 0 spiro atoms. The van der Waals surface area contributed by atoms with Crippen LogP contribution in [0, 0.1) is 11.3 Å². The first kappa shape index (κ1) is 17.3. The molecular formula is C16H33NOS. The minimum atomic E-state index is 0.279. The first-order chi connectivity index (χ1) is 8.87. The standard InChI is InChI=1S/C16H33NOS/c1-7-19-9-8-13(4)17-14-10-15(16(14,5)6)18-11-12(2)3/h12-15,17H,7-11H2,1-6H3. The van der Waals surface area contributed by atoms with Crippen molar-refractivity contribution in [1.29, 1.82) is 0 Å². The molecule has 1 aliphatic carbocycles. The number of ether oxygens (including phenoxy) is 1. The first-order valence-electron chi connectivity index (χ1n) is 7.83. The largest absolute Gasteiger partial charge is 0.377 e. The molecule has 1 fully saturated rings. The zero-order valence-electron chi connectivity index (χ0n) is 13.7. The molecule has 3 unspecified atom stereocenters. The summed E-state index contributed by atoms with van der Waals surface area (Å²) in [7, 11) is 0. The van der Waals surface area contributed by atoms with Gasteiger partial charge in [0.05, 0.1) is 6.10 Å². The summed E-state index contributed by atoms with van der Waals surface area (Å²) in [5, 5.41) is 3.79. The summed E-state index contributed by atoms with van der Waals surface area (Å²) in [5.41, 5.74) is 0.279. The molecule has 0 amide bonds. The Hall–Kier alpha value is 0.270. The van der Waals surface area contributed by atoms with E-state index in [0.717, 1.165) is 6.61 Å². The third kappa shape index (κ3) is 5.28. The topological polar surface area (TPSA) is 21.3 Å². The Morgan fingerprint density at radius 1 is 1.32 bits per heavy atom. The fraction of sp³-hybridized carbons (Fsp3) is 1.00. The molecule has 114 valence electrons. The van der Waals surface area contributed by atoms with Crippen LogP contribution >= 0.6 is 11.8 Å². The summed E-state index contributed by atoms with van der Waals surface area (Å²) in [4.78, 5) is 0. The molecule has 0 radical (unpaired) electrons. The Bertz CT molecular complexity index is 255. The van der Waals surface area contributed by atoms with Crippen molar-refractivity contribution in [3.63, 3.8) is 0 Å². The second-order valence-electron chi connectivity index (χ2n) is 6.88. The van der Waals surface area contributed by atoms with Crippen molar-refractivity contribution in [2.45, 2.75) is 72.6 Å². The number of rotatable bonds is 9. The van der Waals surface area contributed by atoms with Gasteiger partial charge in [-0.25, -0.2) is 0 Å². The minimum Gasteiger partial charge on any atom is -0.377 e. The fourth-order valence-electron chi connectivity index (χ4n) is 2.59. The summed E-state index contributed by atoms with van der Waals surface area (Å²) < 4.78 is 6.02. The van der Waals surface area contributed by atoms with E-state index in [1.807, 2.05) is 11.8 Å². The highest BCUT2D eigenvalue weighted by Crippen LogP contribution is 2.43. The van der Waals surface area contributed by atoms with E-state index in [1.54, 1.807) is 0 Å². The lowest BCUT2D eigenvalue weighted by Gasteiger charge is -2.53. The zero-order valence-corrected chi connectivity index (χ0v) is 14.5. The van der Waals surface area contributed by atoms with E-state index < -0.39 is 0 Å². The van der Waals surface area contributed by atoms with Crippen molar-refractivity contribution < 1.29 is 4.74 Å². The third-order valence-corrected chi connectivity index (χ3v) is 5.13. The Kier molecular flexibility index (Phi) is 7.20. The highest BCUT2D eigenvalue weighted by atomic mass is 32.2. The molecular weight excluding hydrogens is 254 g/mol. The maximum Gasteiger partial charge on any atom is 0.0656 e. The van der Waals surface area contributed by atoms with Crippen LogP contribution in [0.4, 0.5) is 0 Å². The van der Waals surface area contributed by atoms with E-state index in [0.29, 0.717) is 24.1 Å². The van der Waals surface area contributed by atoms with Crippen molar-refractivity contribution in [2.75, 3.05) is 18.1 Å². The van der Waals surface area contributed by atoms with Crippen LogP contribution in [0.25, 0.3) is 0 Å². The Morgan fingerprint density at radius 2 is 2.00 bits per heavy atom. The quantitative estimate of drug-likeness (QED) is 0.649. The van der Waals surface area contributed by atoms with E-state index in [4.69, 9.17) is 4.74 Å². The molecule has 0 bridgehead atoms. The number of hydrogen-bond donors (Lipinski definition) is 1. The van der Waals surface area contributed by atoms with Crippen molar-refractivity contribution >= 4 is 11.8 Å². The van der Waals surface area contributed by atoms with Crippen LogP contribution in [-0.2, 0) is 4.74 Å². The Labute approximate surface area is 124 Å². The number of nitrogens with one attached hydrogen (secondary N) is 1. The summed E-state index contributed by atoms with van der Waals surface area (Å²) in [5.74, 6) is 3.13. The molecule has 1 N–H and O–H groups in total. The van der Waals surface area contributed by atoms with Gasteiger partial charge in [-0.3, -0.25) is 0 Å². The lowest BCUT2D eigenvalue weighted by atomic mass is 9.64. The molecule has 0 aromatic heterocycles. The molecule has 0 heterocycles. The van der Waals surface area contributed by atoms with Crippen LogP contribution in [0.5, 0.6) is 0 Å². The highest BCUT2D eigenvalue weighted by molar-refractivity contribution is 7.99. The predicted molar refractivity (Wildman–Crippen MR) is 87.0 cm³/mol. The number of thioether (sulfide) groups is 1. The van der Waals surface area contributed by atoms with E-state index in [9.17, 15) is 0 Å². The van der Waals surface area contributed by atoms with Crippen molar-refractivity contribution in [1.82, 2.24) is 5.32 Å². The molecule has 0 aliphatic heterocycles. The number of hydrogen-bond acceptors (Lipinski definition) is 3. The van der Waals surface area contributed by atoms with Crippen LogP contribution in [0.3, 0.4) is 0 Å². The SMILES string of the molecule is CCSCCC(C)NC1CC(OCC(C)C)C1(C)C. The normalized spacial score (nSPS) is 27.3. The predicted octanol–water partition coefficient (Wildman–Crippen LogP) is 3.95. The second kappa shape index (κ2) is 7.90. The van der Waals surface area contributed by atoms with Gasteiger partial charge < -0.3 is 10.1 Å². The van der Waals surface area contributed by atoms with Gasteiger partial charge >= 0.3 is 0 Å². The average molecular weight is 288 g/mol. The maximum atomic E-state index is 6.02. The van der Waals surface area contributed by atoms with Gasteiger partial charge in [-0.1, -0.05) is 34.6 Å². The average Bonchev–Trinajstić information content (AvgIpc) is 2.32. The lowest BCUT2D eigenvalue weighted by molar-refractivity contribution is -0.125. The highest BCUT2D eigenvalue weighted by Gasteiger charge is 2.49. The van der Waals surface area contributed by atoms with Crippen LogP contribution in [0.1, 0.15) is 54.4 Å². The van der Waals surface area contributed by atoms with Gasteiger partial charge in [-0.05, 0) is 37.2 Å². The molecule has 1 saturated carbocycles. The van der Waals surface area contributed by atoms with Crippen molar-refractivity contribution in [3.8, 4) is 0 Å². The monoisotopic (exact) mass is 287 g/mol. The second-order valence-corrected chi connectivity index (χ2v) is 8.27. The summed E-state index contributed by atoms with van der Waals surface area (Å²) in [6.07, 6.45) is 2.87. The maximum absolute atomic E-state index is 6.02. The van der Waals surface area contributed by atoms with Gasteiger partial charge in [-0.15, -0.1) is 0 Å². The molecule has 19 heavy (non-hydrogen) atoms. The van der Waals surface area contributed by atoms with Crippen LogP contribution in [-0.4, -0.2) is 36.3 Å². The molecule has 1 rings (SSSR count). The smallest absolute Gasteiger partial charge is 0.0656 e. The van der Waals surface area contributed by atoms with Gasteiger partial charge in [-0.2, -0.15) is 11.8 Å². The molecule has 2 nitrogen and oxygen atoms in total. The third-order valence-electron chi connectivity index (χ3n) is 4.19. The van der Waals surface area contributed by atoms with Gasteiger partial charge in [0, 0.05) is 24.1 Å². The summed E-state index contributed by atoms with van der Waals surface area (Å²) in [6, 6.07) is 1.24. The van der Waals surface area contributed by atoms with E-state index in [2.05, 4.69) is 46.9 Å². The van der Waals surface area contributed by atoms with Crippen LogP contribution in [0.2, 0.25) is 0 Å². The molecule has 3 heteroatoms. The van der Waals surface area contributed by atoms with Gasteiger partial charge in [0.15, 0.2) is 0 Å².